The third-order valence-corrected chi connectivity index (χ3v) is 7.61. The van der Waals surface area contributed by atoms with Crippen molar-refractivity contribution >= 4 is 29.0 Å². The van der Waals surface area contributed by atoms with Crippen molar-refractivity contribution in [3.63, 3.8) is 0 Å². The molecule has 4 rings (SSSR count). The Labute approximate surface area is 201 Å². The third kappa shape index (κ3) is 4.61. The number of thioether (sulfide) groups is 1. The van der Waals surface area contributed by atoms with Crippen molar-refractivity contribution in [1.82, 2.24) is 5.32 Å². The first-order valence-electron chi connectivity index (χ1n) is 11.6. The SMILES string of the molecule is Cc1cc2c(cc1-c1ccc(C=C3SC(=O)NC3=O)cc1OC(C)C)C(C)(C)CCC2(C)C. The van der Waals surface area contributed by atoms with Gasteiger partial charge in [-0.3, -0.25) is 14.9 Å². The van der Waals surface area contributed by atoms with Gasteiger partial charge in [-0.1, -0.05) is 45.9 Å². The zero-order chi connectivity index (χ0) is 24.1. The van der Waals surface area contributed by atoms with Crippen LogP contribution in [0.2, 0.25) is 0 Å². The molecule has 1 N–H and O–H groups in total. The Balaban J connectivity index is 1.84. The van der Waals surface area contributed by atoms with E-state index in [4.69, 9.17) is 4.74 Å². The lowest BCUT2D eigenvalue weighted by Crippen LogP contribution is -2.34. The molecule has 0 spiro atoms. The summed E-state index contributed by atoms with van der Waals surface area (Å²) in [7, 11) is 0. The highest BCUT2D eigenvalue weighted by Gasteiger charge is 2.37. The van der Waals surface area contributed by atoms with Crippen molar-refractivity contribution in [3.8, 4) is 16.9 Å². The van der Waals surface area contributed by atoms with Gasteiger partial charge in [0.25, 0.3) is 11.1 Å². The van der Waals surface area contributed by atoms with Gasteiger partial charge in [0.1, 0.15) is 5.75 Å². The van der Waals surface area contributed by atoms with Crippen LogP contribution < -0.4 is 10.1 Å². The minimum Gasteiger partial charge on any atom is -0.490 e. The lowest BCUT2D eigenvalue weighted by Gasteiger charge is -2.42. The Hall–Kier alpha value is -2.53. The summed E-state index contributed by atoms with van der Waals surface area (Å²) in [4.78, 5) is 23.9. The fourth-order valence-electron chi connectivity index (χ4n) is 4.79. The number of amides is 2. The van der Waals surface area contributed by atoms with Crippen LogP contribution >= 0.6 is 11.8 Å². The smallest absolute Gasteiger partial charge is 0.290 e. The topological polar surface area (TPSA) is 55.4 Å². The molecule has 1 aliphatic carbocycles. The van der Waals surface area contributed by atoms with E-state index in [0.29, 0.717) is 4.91 Å². The van der Waals surface area contributed by atoms with Gasteiger partial charge in [0.15, 0.2) is 0 Å². The Morgan fingerprint density at radius 3 is 2.18 bits per heavy atom. The van der Waals surface area contributed by atoms with Gasteiger partial charge in [-0.2, -0.15) is 0 Å². The molecule has 33 heavy (non-hydrogen) atoms. The van der Waals surface area contributed by atoms with Crippen LogP contribution in [0.1, 0.15) is 76.6 Å². The Kier molecular flexibility index (Phi) is 5.98. The summed E-state index contributed by atoms with van der Waals surface area (Å²) in [6.07, 6.45) is 4.10. The number of ether oxygens (including phenoxy) is 1. The monoisotopic (exact) mass is 463 g/mol. The van der Waals surface area contributed by atoms with E-state index in [9.17, 15) is 9.59 Å². The maximum absolute atomic E-state index is 12.0. The lowest BCUT2D eigenvalue weighted by atomic mass is 9.62. The second kappa shape index (κ2) is 8.35. The van der Waals surface area contributed by atoms with Crippen LogP contribution in [0.15, 0.2) is 35.2 Å². The normalized spacial score (nSPS) is 20.2. The fraction of sp³-hybridized carbons (Fsp3) is 0.429. The number of carbonyl (C=O) groups excluding carboxylic acids is 2. The quantitative estimate of drug-likeness (QED) is 0.490. The molecule has 1 saturated heterocycles. The van der Waals surface area contributed by atoms with E-state index >= 15 is 0 Å². The van der Waals surface area contributed by atoms with Crippen LogP contribution in [0.4, 0.5) is 4.79 Å². The minimum atomic E-state index is -0.351. The van der Waals surface area contributed by atoms with E-state index < -0.39 is 0 Å². The van der Waals surface area contributed by atoms with E-state index in [0.717, 1.165) is 35.1 Å². The predicted molar refractivity (Wildman–Crippen MR) is 137 cm³/mol. The van der Waals surface area contributed by atoms with Crippen LogP contribution in [0.5, 0.6) is 5.75 Å². The number of benzene rings is 2. The average Bonchev–Trinajstić information content (AvgIpc) is 3.02. The molecule has 1 fully saturated rings. The van der Waals surface area contributed by atoms with E-state index in [1.165, 1.54) is 28.7 Å². The summed E-state index contributed by atoms with van der Waals surface area (Å²) in [6, 6.07) is 10.8. The van der Waals surface area contributed by atoms with Crippen molar-refractivity contribution in [1.29, 1.82) is 0 Å². The Bertz CT molecular complexity index is 1170. The highest BCUT2D eigenvalue weighted by atomic mass is 32.2. The average molecular weight is 464 g/mol. The summed E-state index contributed by atoms with van der Waals surface area (Å²) >= 11 is 0.927. The van der Waals surface area contributed by atoms with Gasteiger partial charge in [-0.05, 0) is 102 Å². The van der Waals surface area contributed by atoms with E-state index in [1.807, 2.05) is 26.0 Å². The molecule has 2 amide bonds. The molecule has 0 unspecified atom stereocenters. The number of rotatable bonds is 4. The molecule has 2 aromatic carbocycles. The van der Waals surface area contributed by atoms with Crippen LogP contribution in [-0.4, -0.2) is 17.3 Å². The van der Waals surface area contributed by atoms with Gasteiger partial charge >= 0.3 is 0 Å². The first-order chi connectivity index (χ1) is 15.4. The lowest BCUT2D eigenvalue weighted by molar-refractivity contribution is -0.115. The zero-order valence-electron chi connectivity index (χ0n) is 20.6. The molecule has 2 aliphatic rings. The number of aryl methyl sites for hydroxylation is 1. The zero-order valence-corrected chi connectivity index (χ0v) is 21.4. The molecule has 0 aromatic heterocycles. The van der Waals surface area contributed by atoms with Crippen molar-refractivity contribution < 1.29 is 14.3 Å². The second-order valence-corrected chi connectivity index (χ2v) is 11.8. The maximum Gasteiger partial charge on any atom is 0.290 e. The number of fused-ring (bicyclic) bond motifs is 1. The molecule has 4 nitrogen and oxygen atoms in total. The molecule has 1 aliphatic heterocycles. The summed E-state index contributed by atoms with van der Waals surface area (Å²) in [5.74, 6) is 0.431. The summed E-state index contributed by atoms with van der Waals surface area (Å²) in [5, 5.41) is 1.97. The third-order valence-electron chi connectivity index (χ3n) is 6.80. The number of imide groups is 1. The van der Waals surface area contributed by atoms with Gasteiger partial charge in [0, 0.05) is 5.56 Å². The maximum atomic E-state index is 12.0. The van der Waals surface area contributed by atoms with Gasteiger partial charge in [0.2, 0.25) is 0 Å². The molecular weight excluding hydrogens is 430 g/mol. The molecule has 0 saturated carbocycles. The van der Waals surface area contributed by atoms with Crippen LogP contribution in [0, 0.1) is 6.92 Å². The largest absolute Gasteiger partial charge is 0.490 e. The number of carbonyl (C=O) groups is 2. The van der Waals surface area contributed by atoms with Gasteiger partial charge in [0.05, 0.1) is 11.0 Å². The molecular formula is C28H33NO3S. The molecule has 174 valence electrons. The highest BCUT2D eigenvalue weighted by molar-refractivity contribution is 8.18. The fourth-order valence-corrected chi connectivity index (χ4v) is 5.47. The van der Waals surface area contributed by atoms with Crippen LogP contribution in [0.3, 0.4) is 0 Å². The first-order valence-corrected chi connectivity index (χ1v) is 12.4. The molecule has 2 aromatic rings. The number of hydrogen-bond donors (Lipinski definition) is 1. The Morgan fingerprint density at radius 2 is 1.61 bits per heavy atom. The van der Waals surface area contributed by atoms with Crippen molar-refractivity contribution in [3.05, 3.63) is 57.5 Å². The van der Waals surface area contributed by atoms with E-state index in [-0.39, 0.29) is 28.1 Å². The molecule has 0 radical (unpaired) electrons. The van der Waals surface area contributed by atoms with Gasteiger partial charge in [-0.15, -0.1) is 0 Å². The number of hydrogen-bond acceptors (Lipinski definition) is 4. The molecule has 0 atom stereocenters. The second-order valence-electron chi connectivity index (χ2n) is 10.8. The van der Waals surface area contributed by atoms with E-state index in [2.05, 4.69) is 58.1 Å². The van der Waals surface area contributed by atoms with Gasteiger partial charge < -0.3 is 4.74 Å². The highest BCUT2D eigenvalue weighted by Crippen LogP contribution is 2.48. The standard InChI is InChI=1S/C28H33NO3S/c1-16(2)32-23-13-18(14-24-25(30)29-26(31)33-24)8-9-19(23)20-15-22-21(12-17(20)3)27(4,5)10-11-28(22,6)7/h8-9,12-16H,10-11H2,1-7H3,(H,29,30,31). The van der Waals surface area contributed by atoms with Crippen molar-refractivity contribution in [2.24, 2.45) is 0 Å². The summed E-state index contributed by atoms with van der Waals surface area (Å²) in [5.41, 5.74) is 7.44. The van der Waals surface area contributed by atoms with Gasteiger partial charge in [-0.25, -0.2) is 0 Å². The minimum absolute atomic E-state index is 0.00527. The molecule has 1 heterocycles. The Morgan fingerprint density at radius 1 is 0.970 bits per heavy atom. The van der Waals surface area contributed by atoms with E-state index in [1.54, 1.807) is 6.08 Å². The number of nitrogens with one attached hydrogen (secondary N) is 1. The molecule has 5 heteroatoms. The molecule has 0 bridgehead atoms. The van der Waals surface area contributed by atoms with Crippen molar-refractivity contribution in [2.75, 3.05) is 0 Å². The van der Waals surface area contributed by atoms with Crippen LogP contribution in [0.25, 0.3) is 17.2 Å². The first kappa shape index (κ1) is 23.6. The summed E-state index contributed by atoms with van der Waals surface area (Å²) < 4.78 is 6.24. The van der Waals surface area contributed by atoms with Crippen molar-refractivity contribution in [2.45, 2.75) is 78.2 Å². The van der Waals surface area contributed by atoms with Crippen LogP contribution in [-0.2, 0) is 15.6 Å². The summed E-state index contributed by atoms with van der Waals surface area (Å²) in [6.45, 7) is 15.6. The predicted octanol–water partition coefficient (Wildman–Crippen LogP) is 7.12.